The highest BCUT2D eigenvalue weighted by Crippen LogP contribution is 2.32. The van der Waals surface area contributed by atoms with Crippen LogP contribution in [0, 0.1) is 5.41 Å². The molecule has 1 rings (SSSR count). The Hall–Kier alpha value is -0.640. The fourth-order valence-corrected chi connectivity index (χ4v) is 3.35. The van der Waals surface area contributed by atoms with Gasteiger partial charge in [-0.05, 0) is 25.7 Å². The highest BCUT2D eigenvalue weighted by molar-refractivity contribution is 7.80. The van der Waals surface area contributed by atoms with Gasteiger partial charge in [-0.1, -0.05) is 45.3 Å². The van der Waals surface area contributed by atoms with Crippen LogP contribution < -0.4 is 5.73 Å². The van der Waals surface area contributed by atoms with Crippen molar-refractivity contribution < 1.29 is 4.79 Å². The molecule has 0 atom stereocenters. The minimum absolute atomic E-state index is 0.118. The van der Waals surface area contributed by atoms with E-state index in [0.29, 0.717) is 23.9 Å². The Bertz CT molecular complexity index is 307. The zero-order valence-electron chi connectivity index (χ0n) is 11.9. The second kappa shape index (κ2) is 6.50. The van der Waals surface area contributed by atoms with Crippen LogP contribution in [0.15, 0.2) is 0 Å². The highest BCUT2D eigenvalue weighted by atomic mass is 32.1. The van der Waals surface area contributed by atoms with Crippen LogP contribution in [0.25, 0.3) is 0 Å². The molecule has 0 aromatic carbocycles. The number of thiocarbonyl (C=S) groups is 1. The average Bonchev–Trinajstić information content (AvgIpc) is 2.40. The van der Waals surface area contributed by atoms with E-state index in [2.05, 4.69) is 0 Å². The van der Waals surface area contributed by atoms with Crippen LogP contribution in [0.4, 0.5) is 0 Å². The van der Waals surface area contributed by atoms with Crippen molar-refractivity contribution >= 4 is 23.1 Å². The van der Waals surface area contributed by atoms with Gasteiger partial charge in [0.1, 0.15) is 0 Å². The van der Waals surface area contributed by atoms with Crippen LogP contribution in [-0.4, -0.2) is 28.9 Å². The summed E-state index contributed by atoms with van der Waals surface area (Å²) in [5.41, 5.74) is 5.21. The van der Waals surface area contributed by atoms with Crippen molar-refractivity contribution in [3.63, 3.8) is 0 Å². The van der Waals surface area contributed by atoms with Gasteiger partial charge in [0.05, 0.1) is 10.4 Å². The first-order valence-corrected chi connectivity index (χ1v) is 7.47. The maximum atomic E-state index is 12.7. The number of hydrogen-bond donors (Lipinski definition) is 1. The lowest BCUT2D eigenvalue weighted by atomic mass is 9.80. The molecule has 1 saturated carbocycles. The van der Waals surface area contributed by atoms with Gasteiger partial charge in [-0.15, -0.1) is 0 Å². The topological polar surface area (TPSA) is 46.3 Å². The molecule has 0 radical (unpaired) electrons. The van der Waals surface area contributed by atoms with Gasteiger partial charge in [-0.3, -0.25) is 4.79 Å². The van der Waals surface area contributed by atoms with E-state index in [0.717, 1.165) is 12.8 Å². The van der Waals surface area contributed by atoms with Gasteiger partial charge in [-0.25, -0.2) is 0 Å². The molecule has 0 bridgehead atoms. The molecule has 0 aromatic heterocycles. The van der Waals surface area contributed by atoms with Crippen molar-refractivity contribution in [3.8, 4) is 0 Å². The molecule has 2 N–H and O–H groups in total. The largest absolute Gasteiger partial charge is 0.392 e. The summed E-state index contributed by atoms with van der Waals surface area (Å²) < 4.78 is 0. The fourth-order valence-electron chi connectivity index (χ4n) is 2.98. The normalized spacial score (nSPS) is 17.5. The van der Waals surface area contributed by atoms with Gasteiger partial charge >= 0.3 is 0 Å². The zero-order chi connectivity index (χ0) is 13.8. The Morgan fingerprint density at radius 2 is 1.78 bits per heavy atom. The van der Waals surface area contributed by atoms with Gasteiger partial charge in [0.25, 0.3) is 0 Å². The summed E-state index contributed by atoms with van der Waals surface area (Å²) in [6.07, 6.45) is 7.34. The standard InChI is InChI=1S/C14H26N2OS/c1-4-14(5-2,12(15)18)13(17)16(3)11-9-7-6-8-10-11/h11H,4-10H2,1-3H3,(H2,15,18). The second-order valence-electron chi connectivity index (χ2n) is 5.36. The van der Waals surface area contributed by atoms with Crippen LogP contribution in [0.5, 0.6) is 0 Å². The SMILES string of the molecule is CCC(CC)(C(=O)N(C)C1CCCCC1)C(N)=S. The van der Waals surface area contributed by atoms with Gasteiger partial charge in [0, 0.05) is 13.1 Å². The summed E-state index contributed by atoms with van der Waals surface area (Å²) in [6.45, 7) is 3.99. The number of rotatable bonds is 5. The summed E-state index contributed by atoms with van der Waals surface area (Å²) in [5.74, 6) is 0.118. The molecule has 3 nitrogen and oxygen atoms in total. The molecule has 1 aliphatic rings. The number of carbonyl (C=O) groups is 1. The van der Waals surface area contributed by atoms with Crippen LogP contribution in [0.3, 0.4) is 0 Å². The van der Waals surface area contributed by atoms with Crippen molar-refractivity contribution in [1.29, 1.82) is 0 Å². The first-order chi connectivity index (χ1) is 8.49. The van der Waals surface area contributed by atoms with Crippen LogP contribution in [-0.2, 0) is 4.79 Å². The van der Waals surface area contributed by atoms with Crippen molar-refractivity contribution in [2.45, 2.75) is 64.8 Å². The lowest BCUT2D eigenvalue weighted by Gasteiger charge is -2.38. The average molecular weight is 270 g/mol. The zero-order valence-corrected chi connectivity index (χ0v) is 12.7. The molecule has 1 amide bonds. The van der Waals surface area contributed by atoms with E-state index >= 15 is 0 Å². The Kier molecular flexibility index (Phi) is 5.57. The second-order valence-corrected chi connectivity index (χ2v) is 5.80. The number of hydrogen-bond acceptors (Lipinski definition) is 2. The predicted octanol–water partition coefficient (Wildman–Crippen LogP) is 2.87. The molecular weight excluding hydrogens is 244 g/mol. The van der Waals surface area contributed by atoms with E-state index in [1.165, 1.54) is 19.3 Å². The van der Waals surface area contributed by atoms with Gasteiger partial charge in [0.15, 0.2) is 0 Å². The molecule has 1 aliphatic carbocycles. The summed E-state index contributed by atoms with van der Waals surface area (Å²) in [5, 5.41) is 0. The van der Waals surface area contributed by atoms with E-state index in [1.54, 1.807) is 0 Å². The first-order valence-electron chi connectivity index (χ1n) is 7.06. The highest BCUT2D eigenvalue weighted by Gasteiger charge is 2.41. The summed E-state index contributed by atoms with van der Waals surface area (Å²) in [7, 11) is 1.91. The Labute approximate surface area is 116 Å². The van der Waals surface area contributed by atoms with Crippen LogP contribution in [0.1, 0.15) is 58.8 Å². The molecule has 4 heteroatoms. The van der Waals surface area contributed by atoms with E-state index in [-0.39, 0.29) is 5.91 Å². The lowest BCUT2D eigenvalue weighted by Crippen LogP contribution is -2.52. The van der Waals surface area contributed by atoms with Crippen molar-refractivity contribution in [2.75, 3.05) is 7.05 Å². The summed E-state index contributed by atoms with van der Waals surface area (Å²) in [6, 6.07) is 0.373. The monoisotopic (exact) mass is 270 g/mol. The Morgan fingerprint density at radius 3 is 2.17 bits per heavy atom. The van der Waals surface area contributed by atoms with Gasteiger partial charge < -0.3 is 10.6 Å². The minimum Gasteiger partial charge on any atom is -0.392 e. The third-order valence-corrected chi connectivity index (χ3v) is 4.92. The van der Waals surface area contributed by atoms with Crippen molar-refractivity contribution in [3.05, 3.63) is 0 Å². The maximum Gasteiger partial charge on any atom is 0.235 e. The molecule has 1 fully saturated rings. The molecule has 0 heterocycles. The van der Waals surface area contributed by atoms with Crippen LogP contribution in [0.2, 0.25) is 0 Å². The number of nitrogens with zero attached hydrogens (tertiary/aromatic N) is 1. The molecular formula is C14H26N2OS. The van der Waals surface area contributed by atoms with Crippen LogP contribution >= 0.6 is 12.2 Å². The van der Waals surface area contributed by atoms with E-state index in [1.807, 2.05) is 25.8 Å². The molecule has 0 unspecified atom stereocenters. The maximum absolute atomic E-state index is 12.7. The van der Waals surface area contributed by atoms with E-state index in [4.69, 9.17) is 18.0 Å². The Morgan fingerprint density at radius 1 is 1.28 bits per heavy atom. The molecule has 0 spiro atoms. The van der Waals surface area contributed by atoms with Gasteiger partial charge in [-0.2, -0.15) is 0 Å². The van der Waals surface area contributed by atoms with E-state index < -0.39 is 5.41 Å². The quantitative estimate of drug-likeness (QED) is 0.781. The van der Waals surface area contributed by atoms with Crippen molar-refractivity contribution in [2.24, 2.45) is 11.1 Å². The molecule has 18 heavy (non-hydrogen) atoms. The van der Waals surface area contributed by atoms with Crippen molar-refractivity contribution in [1.82, 2.24) is 4.90 Å². The lowest BCUT2D eigenvalue weighted by molar-refractivity contribution is -0.140. The fraction of sp³-hybridized carbons (Fsp3) is 0.857. The predicted molar refractivity (Wildman–Crippen MR) is 79.4 cm³/mol. The number of nitrogens with two attached hydrogens (primary N) is 1. The molecule has 104 valence electrons. The molecule has 0 aliphatic heterocycles. The smallest absolute Gasteiger partial charge is 0.235 e. The number of carbonyl (C=O) groups excluding carboxylic acids is 1. The van der Waals surface area contributed by atoms with E-state index in [9.17, 15) is 4.79 Å². The van der Waals surface area contributed by atoms with Gasteiger partial charge in [0.2, 0.25) is 5.91 Å². The molecule has 0 saturated heterocycles. The third-order valence-electron chi connectivity index (χ3n) is 4.53. The third kappa shape index (κ3) is 2.85. The minimum atomic E-state index is -0.637. The Balaban J connectivity index is 2.85. The molecule has 0 aromatic rings. The summed E-state index contributed by atoms with van der Waals surface area (Å²) in [4.78, 5) is 15.0. The first kappa shape index (κ1) is 15.4. The number of amides is 1. The summed E-state index contributed by atoms with van der Waals surface area (Å²) >= 11 is 5.15.